The van der Waals surface area contributed by atoms with Crippen LogP contribution in [0.4, 0.5) is 0 Å². The van der Waals surface area contributed by atoms with Crippen molar-refractivity contribution in [1.82, 2.24) is 20.0 Å². The second kappa shape index (κ2) is 6.91. The summed E-state index contributed by atoms with van der Waals surface area (Å²) in [6, 6.07) is 12.7. The number of amides is 1. The average Bonchev–Trinajstić information content (AvgIpc) is 3.05. The third kappa shape index (κ3) is 3.75. The van der Waals surface area contributed by atoms with Crippen LogP contribution in [0.25, 0.3) is 11.5 Å². The lowest BCUT2D eigenvalue weighted by Crippen LogP contribution is -2.24. The smallest absolute Gasteiger partial charge is 0.258 e. The summed E-state index contributed by atoms with van der Waals surface area (Å²) in [6.07, 6.45) is 1.63. The molecule has 1 amide bonds. The fraction of sp³-hybridized carbons (Fsp3) is 0.176. The first kappa shape index (κ1) is 15.7. The maximum absolute atomic E-state index is 11.9. The number of rotatable bonds is 5. The summed E-state index contributed by atoms with van der Waals surface area (Å²) < 4.78 is 6.56. The van der Waals surface area contributed by atoms with Gasteiger partial charge < -0.3 is 14.4 Å². The van der Waals surface area contributed by atoms with E-state index in [-0.39, 0.29) is 29.6 Å². The van der Waals surface area contributed by atoms with Gasteiger partial charge in [0.2, 0.25) is 5.91 Å². The fourth-order valence-electron chi connectivity index (χ4n) is 2.13. The lowest BCUT2D eigenvalue weighted by molar-refractivity contribution is -0.120. The molecular formula is C17H16N4O3. The van der Waals surface area contributed by atoms with Gasteiger partial charge in [-0.25, -0.2) is 0 Å². The van der Waals surface area contributed by atoms with Gasteiger partial charge in [-0.05, 0) is 11.6 Å². The van der Waals surface area contributed by atoms with E-state index in [2.05, 4.69) is 15.5 Å². The molecule has 0 atom stereocenters. The van der Waals surface area contributed by atoms with Crippen molar-refractivity contribution >= 4 is 5.91 Å². The molecule has 24 heavy (non-hydrogen) atoms. The van der Waals surface area contributed by atoms with E-state index in [1.807, 2.05) is 30.3 Å². The highest BCUT2D eigenvalue weighted by atomic mass is 16.5. The molecule has 2 heterocycles. The highest BCUT2D eigenvalue weighted by Gasteiger charge is 2.13. The lowest BCUT2D eigenvalue weighted by atomic mass is 10.2. The number of aryl methyl sites for hydroxylation is 1. The summed E-state index contributed by atoms with van der Waals surface area (Å²) in [6.45, 7) is 0.444. The summed E-state index contributed by atoms with van der Waals surface area (Å²) in [4.78, 5) is 27.7. The number of hydrogen-bond acceptors (Lipinski definition) is 5. The average molecular weight is 324 g/mol. The number of hydrogen-bond donors (Lipinski definition) is 1. The second-order valence-electron chi connectivity index (χ2n) is 5.32. The quantitative estimate of drug-likeness (QED) is 0.764. The molecule has 3 rings (SSSR count). The molecular weight excluding hydrogens is 308 g/mol. The van der Waals surface area contributed by atoms with Crippen molar-refractivity contribution in [2.75, 3.05) is 0 Å². The first-order chi connectivity index (χ1) is 11.6. The van der Waals surface area contributed by atoms with Crippen LogP contribution in [0.3, 0.4) is 0 Å². The van der Waals surface area contributed by atoms with Gasteiger partial charge in [0.1, 0.15) is 0 Å². The Hall–Kier alpha value is -3.22. The Morgan fingerprint density at radius 1 is 1.25 bits per heavy atom. The molecule has 0 spiro atoms. The summed E-state index contributed by atoms with van der Waals surface area (Å²) in [5, 5.41) is 6.58. The van der Waals surface area contributed by atoms with Crippen molar-refractivity contribution in [1.29, 1.82) is 0 Å². The maximum Gasteiger partial charge on any atom is 0.258 e. The van der Waals surface area contributed by atoms with Gasteiger partial charge in [-0.3, -0.25) is 9.59 Å². The van der Waals surface area contributed by atoms with Crippen LogP contribution in [0.1, 0.15) is 11.4 Å². The Morgan fingerprint density at radius 2 is 2.04 bits per heavy atom. The van der Waals surface area contributed by atoms with Crippen molar-refractivity contribution in [2.45, 2.75) is 13.0 Å². The Balaban J connectivity index is 1.62. The third-order valence-electron chi connectivity index (χ3n) is 3.47. The molecule has 0 aliphatic carbocycles. The van der Waals surface area contributed by atoms with Gasteiger partial charge in [0.15, 0.2) is 5.82 Å². The number of nitrogens with zero attached hydrogens (tertiary/aromatic N) is 3. The van der Waals surface area contributed by atoms with Crippen LogP contribution in [-0.4, -0.2) is 20.6 Å². The van der Waals surface area contributed by atoms with E-state index in [0.29, 0.717) is 12.1 Å². The number of carbonyl (C=O) groups excluding carboxylic acids is 1. The van der Waals surface area contributed by atoms with Gasteiger partial charge in [-0.2, -0.15) is 4.98 Å². The van der Waals surface area contributed by atoms with Crippen LogP contribution >= 0.6 is 0 Å². The summed E-state index contributed by atoms with van der Waals surface area (Å²) in [5.74, 6) is 0.296. The number of nitrogens with one attached hydrogen (secondary N) is 1. The van der Waals surface area contributed by atoms with Gasteiger partial charge in [0, 0.05) is 31.4 Å². The van der Waals surface area contributed by atoms with E-state index in [4.69, 9.17) is 4.52 Å². The molecule has 3 aromatic rings. The van der Waals surface area contributed by atoms with E-state index in [1.165, 1.54) is 10.6 Å². The zero-order valence-corrected chi connectivity index (χ0v) is 13.1. The molecule has 0 bridgehead atoms. The first-order valence-electron chi connectivity index (χ1n) is 7.42. The Bertz CT molecular complexity index is 899. The van der Waals surface area contributed by atoms with Gasteiger partial charge in [-0.1, -0.05) is 35.5 Å². The summed E-state index contributed by atoms with van der Waals surface area (Å²) >= 11 is 0. The minimum atomic E-state index is -0.199. The van der Waals surface area contributed by atoms with Crippen molar-refractivity contribution in [3.63, 3.8) is 0 Å². The van der Waals surface area contributed by atoms with Crippen molar-refractivity contribution in [3.05, 3.63) is 70.4 Å². The van der Waals surface area contributed by atoms with Gasteiger partial charge in [0.25, 0.3) is 11.4 Å². The Morgan fingerprint density at radius 3 is 2.79 bits per heavy atom. The summed E-state index contributed by atoms with van der Waals surface area (Å²) in [5.41, 5.74) is 1.37. The van der Waals surface area contributed by atoms with Crippen LogP contribution in [0, 0.1) is 0 Å². The molecule has 0 saturated carbocycles. The molecule has 0 radical (unpaired) electrons. The minimum Gasteiger partial charge on any atom is -0.352 e. The molecule has 1 N–H and O–H groups in total. The molecule has 7 heteroatoms. The molecule has 0 fully saturated rings. The third-order valence-corrected chi connectivity index (χ3v) is 3.47. The minimum absolute atomic E-state index is 0.0151. The SMILES string of the molecule is Cn1ccc(-c2nc(CC(=O)NCc3ccccc3)no2)cc1=O. The molecule has 0 aliphatic rings. The zero-order chi connectivity index (χ0) is 16.9. The van der Waals surface area contributed by atoms with Crippen molar-refractivity contribution in [3.8, 4) is 11.5 Å². The van der Waals surface area contributed by atoms with E-state index < -0.39 is 0 Å². The molecule has 0 aliphatic heterocycles. The van der Waals surface area contributed by atoms with Crippen LogP contribution in [0.15, 0.2) is 58.0 Å². The van der Waals surface area contributed by atoms with E-state index in [0.717, 1.165) is 5.56 Å². The van der Waals surface area contributed by atoms with E-state index in [9.17, 15) is 9.59 Å². The topological polar surface area (TPSA) is 90.0 Å². The predicted octanol–water partition coefficient (Wildman–Crippen LogP) is 1.29. The maximum atomic E-state index is 11.9. The molecule has 0 unspecified atom stereocenters. The van der Waals surface area contributed by atoms with Crippen LogP contribution in [-0.2, 0) is 24.8 Å². The first-order valence-corrected chi connectivity index (χ1v) is 7.42. The lowest BCUT2D eigenvalue weighted by Gasteiger charge is -2.03. The monoisotopic (exact) mass is 324 g/mol. The van der Waals surface area contributed by atoms with Crippen LogP contribution in [0.5, 0.6) is 0 Å². The molecule has 122 valence electrons. The zero-order valence-electron chi connectivity index (χ0n) is 13.1. The number of pyridine rings is 1. The van der Waals surface area contributed by atoms with Gasteiger partial charge in [0.05, 0.1) is 6.42 Å². The van der Waals surface area contributed by atoms with E-state index >= 15 is 0 Å². The van der Waals surface area contributed by atoms with Crippen LogP contribution < -0.4 is 10.9 Å². The molecule has 1 aromatic carbocycles. The van der Waals surface area contributed by atoms with Crippen molar-refractivity contribution < 1.29 is 9.32 Å². The fourth-order valence-corrected chi connectivity index (χ4v) is 2.13. The second-order valence-corrected chi connectivity index (χ2v) is 5.32. The highest BCUT2D eigenvalue weighted by molar-refractivity contribution is 5.77. The number of benzene rings is 1. The Labute approximate surface area is 137 Å². The van der Waals surface area contributed by atoms with Gasteiger partial charge >= 0.3 is 0 Å². The Kier molecular flexibility index (Phi) is 4.51. The number of aromatic nitrogens is 3. The molecule has 0 saturated heterocycles. The van der Waals surface area contributed by atoms with Crippen LogP contribution in [0.2, 0.25) is 0 Å². The summed E-state index contributed by atoms with van der Waals surface area (Å²) in [7, 11) is 1.66. The predicted molar refractivity (Wildman–Crippen MR) is 87.0 cm³/mol. The standard InChI is InChI=1S/C17H16N4O3/c1-21-8-7-13(9-16(21)23)17-19-14(20-24-17)10-15(22)18-11-12-5-3-2-4-6-12/h2-9H,10-11H2,1H3,(H,18,22). The molecule has 7 nitrogen and oxygen atoms in total. The largest absolute Gasteiger partial charge is 0.352 e. The number of carbonyl (C=O) groups is 1. The van der Waals surface area contributed by atoms with E-state index in [1.54, 1.807) is 19.3 Å². The van der Waals surface area contributed by atoms with Gasteiger partial charge in [-0.15, -0.1) is 0 Å². The highest BCUT2D eigenvalue weighted by Crippen LogP contribution is 2.14. The normalized spacial score (nSPS) is 10.5. The van der Waals surface area contributed by atoms with Crippen molar-refractivity contribution in [2.24, 2.45) is 7.05 Å². The molecule has 2 aromatic heterocycles.